The van der Waals surface area contributed by atoms with Gasteiger partial charge in [-0.2, -0.15) is 0 Å². The van der Waals surface area contributed by atoms with Crippen molar-refractivity contribution in [2.75, 3.05) is 18.0 Å². The Labute approximate surface area is 106 Å². The summed E-state index contributed by atoms with van der Waals surface area (Å²) in [7, 11) is 0. The third-order valence-electron chi connectivity index (χ3n) is 3.97. The number of hydrogen-bond acceptors (Lipinski definition) is 1. The number of hydrogen-bond donors (Lipinski definition) is 1. The fourth-order valence-electron chi connectivity index (χ4n) is 3.08. The van der Waals surface area contributed by atoms with Crippen molar-refractivity contribution in [1.29, 1.82) is 0 Å². The van der Waals surface area contributed by atoms with Crippen LogP contribution in [0.3, 0.4) is 0 Å². The van der Waals surface area contributed by atoms with Crippen molar-refractivity contribution in [3.8, 4) is 0 Å². The number of nitrogens with zero attached hydrogens (tertiary/aromatic N) is 1. The molecule has 0 amide bonds. The van der Waals surface area contributed by atoms with E-state index in [0.29, 0.717) is 0 Å². The highest BCUT2D eigenvalue weighted by Gasteiger charge is 2.16. The van der Waals surface area contributed by atoms with Gasteiger partial charge in [-0.15, -0.1) is 0 Å². The molecule has 0 spiro atoms. The van der Waals surface area contributed by atoms with E-state index in [1.54, 1.807) is 0 Å². The lowest BCUT2D eigenvalue weighted by molar-refractivity contribution is 0.949. The lowest BCUT2D eigenvalue weighted by atomic mass is 10.1. The number of aromatic nitrogens is 1. The Kier molecular flexibility index (Phi) is 2.10. The SMILES string of the molecule is c1ccc2c(c1)[nH]c1c(N3CCCC3)cccc12. The maximum absolute atomic E-state index is 3.58. The molecule has 2 nitrogen and oxygen atoms in total. The van der Waals surface area contributed by atoms with Gasteiger partial charge in [0, 0.05) is 29.4 Å². The van der Waals surface area contributed by atoms with Crippen LogP contribution in [0.2, 0.25) is 0 Å². The monoisotopic (exact) mass is 236 g/mol. The lowest BCUT2D eigenvalue weighted by Crippen LogP contribution is -2.17. The van der Waals surface area contributed by atoms with Gasteiger partial charge in [0.05, 0.1) is 11.2 Å². The maximum Gasteiger partial charge on any atom is 0.0702 e. The lowest BCUT2D eigenvalue weighted by Gasteiger charge is -2.18. The number of benzene rings is 2. The Bertz CT molecular complexity index is 705. The number of nitrogens with one attached hydrogen (secondary N) is 1. The van der Waals surface area contributed by atoms with Gasteiger partial charge in [0.25, 0.3) is 0 Å². The van der Waals surface area contributed by atoms with Crippen LogP contribution in [0.15, 0.2) is 42.5 Å². The average molecular weight is 236 g/mol. The minimum absolute atomic E-state index is 1.19. The summed E-state index contributed by atoms with van der Waals surface area (Å²) in [5.41, 5.74) is 3.89. The third-order valence-corrected chi connectivity index (χ3v) is 3.97. The Hall–Kier alpha value is -1.96. The number of rotatable bonds is 1. The second kappa shape index (κ2) is 3.77. The molecule has 0 unspecified atom stereocenters. The van der Waals surface area contributed by atoms with Crippen molar-refractivity contribution in [1.82, 2.24) is 4.98 Å². The normalized spacial score (nSPS) is 15.9. The van der Waals surface area contributed by atoms with Crippen molar-refractivity contribution in [2.45, 2.75) is 12.8 Å². The summed E-state index contributed by atoms with van der Waals surface area (Å²) in [6.45, 7) is 2.38. The molecule has 1 saturated heterocycles. The van der Waals surface area contributed by atoms with E-state index in [-0.39, 0.29) is 0 Å². The van der Waals surface area contributed by atoms with E-state index in [2.05, 4.69) is 52.3 Å². The zero-order valence-corrected chi connectivity index (χ0v) is 10.3. The molecule has 90 valence electrons. The molecule has 0 radical (unpaired) electrons. The molecule has 18 heavy (non-hydrogen) atoms. The van der Waals surface area contributed by atoms with E-state index < -0.39 is 0 Å². The average Bonchev–Trinajstić information content (AvgIpc) is 3.05. The second-order valence-electron chi connectivity index (χ2n) is 5.06. The van der Waals surface area contributed by atoms with Crippen molar-refractivity contribution < 1.29 is 0 Å². The highest BCUT2D eigenvalue weighted by atomic mass is 15.1. The summed E-state index contributed by atoms with van der Waals surface area (Å²) < 4.78 is 0. The summed E-state index contributed by atoms with van der Waals surface area (Å²) in [5, 5.41) is 2.67. The topological polar surface area (TPSA) is 19.0 Å². The van der Waals surface area contributed by atoms with Gasteiger partial charge in [-0.25, -0.2) is 0 Å². The van der Waals surface area contributed by atoms with E-state index in [4.69, 9.17) is 0 Å². The van der Waals surface area contributed by atoms with Crippen molar-refractivity contribution in [3.63, 3.8) is 0 Å². The third kappa shape index (κ3) is 1.35. The summed E-state index contributed by atoms with van der Waals surface area (Å²) in [6.07, 6.45) is 2.63. The van der Waals surface area contributed by atoms with Gasteiger partial charge < -0.3 is 9.88 Å². The smallest absolute Gasteiger partial charge is 0.0702 e. The summed E-state index contributed by atoms with van der Waals surface area (Å²) in [6, 6.07) is 15.2. The molecule has 0 atom stereocenters. The minimum atomic E-state index is 1.19. The van der Waals surface area contributed by atoms with E-state index in [1.807, 2.05) is 0 Å². The summed E-state index contributed by atoms with van der Waals surface area (Å²) >= 11 is 0. The Balaban J connectivity index is 2.03. The van der Waals surface area contributed by atoms with Gasteiger partial charge in [0.15, 0.2) is 0 Å². The van der Waals surface area contributed by atoms with Crippen LogP contribution >= 0.6 is 0 Å². The first kappa shape index (κ1) is 10.0. The van der Waals surface area contributed by atoms with Gasteiger partial charge in [0.2, 0.25) is 0 Å². The van der Waals surface area contributed by atoms with Gasteiger partial charge >= 0.3 is 0 Å². The minimum Gasteiger partial charge on any atom is -0.370 e. The molecule has 1 aliphatic heterocycles. The number of para-hydroxylation sites is 2. The van der Waals surface area contributed by atoms with E-state index in [9.17, 15) is 0 Å². The van der Waals surface area contributed by atoms with Crippen LogP contribution in [0.25, 0.3) is 21.8 Å². The standard InChI is InChI=1S/C16H16N2/c1-2-8-14-12(6-1)13-7-5-9-15(16(13)17-14)18-10-3-4-11-18/h1-2,5-9,17H,3-4,10-11H2. The number of anilines is 1. The quantitative estimate of drug-likeness (QED) is 0.678. The van der Waals surface area contributed by atoms with Crippen LogP contribution < -0.4 is 4.90 Å². The predicted molar refractivity (Wildman–Crippen MR) is 77.3 cm³/mol. The Morgan fingerprint density at radius 1 is 0.833 bits per heavy atom. The molecule has 2 heteroatoms. The molecule has 1 fully saturated rings. The first-order valence-corrected chi connectivity index (χ1v) is 6.68. The first-order chi connectivity index (χ1) is 8.93. The Morgan fingerprint density at radius 2 is 1.61 bits per heavy atom. The predicted octanol–water partition coefficient (Wildman–Crippen LogP) is 3.92. The zero-order chi connectivity index (χ0) is 11.9. The van der Waals surface area contributed by atoms with E-state index >= 15 is 0 Å². The largest absolute Gasteiger partial charge is 0.370 e. The number of fused-ring (bicyclic) bond motifs is 3. The van der Waals surface area contributed by atoms with Crippen LogP contribution in [0.4, 0.5) is 5.69 Å². The molecule has 1 N–H and O–H groups in total. The molecular weight excluding hydrogens is 220 g/mol. The van der Waals surface area contributed by atoms with Crippen LogP contribution in [0.1, 0.15) is 12.8 Å². The van der Waals surface area contributed by atoms with Crippen LogP contribution in [0.5, 0.6) is 0 Å². The second-order valence-corrected chi connectivity index (χ2v) is 5.06. The van der Waals surface area contributed by atoms with Crippen LogP contribution in [-0.4, -0.2) is 18.1 Å². The van der Waals surface area contributed by atoms with Crippen molar-refractivity contribution >= 4 is 27.5 Å². The number of aromatic amines is 1. The Morgan fingerprint density at radius 3 is 2.50 bits per heavy atom. The van der Waals surface area contributed by atoms with E-state index in [1.165, 1.54) is 53.4 Å². The summed E-state index contributed by atoms with van der Waals surface area (Å²) in [4.78, 5) is 6.08. The molecule has 0 aliphatic carbocycles. The molecule has 4 rings (SSSR count). The molecule has 3 aromatic rings. The van der Waals surface area contributed by atoms with Gasteiger partial charge in [-0.1, -0.05) is 30.3 Å². The number of H-pyrrole nitrogens is 1. The van der Waals surface area contributed by atoms with Crippen LogP contribution in [0, 0.1) is 0 Å². The fourth-order valence-corrected chi connectivity index (χ4v) is 3.08. The molecule has 2 aromatic carbocycles. The van der Waals surface area contributed by atoms with E-state index in [0.717, 1.165) is 0 Å². The summed E-state index contributed by atoms with van der Waals surface area (Å²) in [5.74, 6) is 0. The van der Waals surface area contributed by atoms with Crippen molar-refractivity contribution in [3.05, 3.63) is 42.5 Å². The molecule has 0 bridgehead atoms. The fraction of sp³-hybridized carbons (Fsp3) is 0.250. The van der Waals surface area contributed by atoms with Gasteiger partial charge in [0.1, 0.15) is 0 Å². The highest BCUT2D eigenvalue weighted by molar-refractivity contribution is 6.11. The van der Waals surface area contributed by atoms with Gasteiger partial charge in [-0.05, 0) is 25.0 Å². The highest BCUT2D eigenvalue weighted by Crippen LogP contribution is 2.33. The molecule has 0 saturated carbocycles. The zero-order valence-electron chi connectivity index (χ0n) is 10.3. The van der Waals surface area contributed by atoms with Crippen LogP contribution in [-0.2, 0) is 0 Å². The first-order valence-electron chi connectivity index (χ1n) is 6.68. The van der Waals surface area contributed by atoms with Gasteiger partial charge in [-0.3, -0.25) is 0 Å². The maximum atomic E-state index is 3.58. The molecule has 1 aliphatic rings. The molecule has 1 aromatic heterocycles. The molecule has 2 heterocycles. The van der Waals surface area contributed by atoms with Crippen molar-refractivity contribution in [2.24, 2.45) is 0 Å². The molecular formula is C16H16N2.